The molecule has 1 saturated carbocycles. The molecule has 2 rings (SSSR count). The molecule has 1 amide bonds. The van der Waals surface area contributed by atoms with Gasteiger partial charge in [-0.25, -0.2) is 0 Å². The van der Waals surface area contributed by atoms with Crippen LogP contribution in [0.25, 0.3) is 0 Å². The average Bonchev–Trinajstić information content (AvgIpc) is 2.75. The topological polar surface area (TPSA) is 42.2 Å². The average molecular weight is 379 g/mol. The van der Waals surface area contributed by atoms with Crippen LogP contribution in [0.1, 0.15) is 43.0 Å². The number of amides is 1. The van der Waals surface area contributed by atoms with E-state index >= 15 is 0 Å². The summed E-state index contributed by atoms with van der Waals surface area (Å²) >= 11 is 6.80. The van der Waals surface area contributed by atoms with E-state index in [1.54, 1.807) is 6.07 Å². The van der Waals surface area contributed by atoms with Crippen molar-refractivity contribution in [3.63, 3.8) is 0 Å². The molecule has 1 aliphatic carbocycles. The minimum atomic E-state index is -0.120. The molecule has 0 bridgehead atoms. The van der Waals surface area contributed by atoms with Gasteiger partial charge in [0.1, 0.15) is 0 Å². The summed E-state index contributed by atoms with van der Waals surface area (Å²) in [5.41, 5.74) is 0.444. The first-order valence-electron chi connectivity index (χ1n) is 6.18. The highest BCUT2D eigenvalue weighted by atomic mass is 79.9. The van der Waals surface area contributed by atoms with E-state index in [0.717, 1.165) is 18.2 Å². The largest absolute Gasteiger partial charge is 0.457 e. The van der Waals surface area contributed by atoms with Crippen LogP contribution in [0.3, 0.4) is 0 Å². The maximum absolute atomic E-state index is 12.2. The number of furan rings is 1. The number of carbonyl (C=O) groups is 1. The lowest BCUT2D eigenvalue weighted by Crippen LogP contribution is -2.52. The zero-order chi connectivity index (χ0) is 13.2. The molecule has 1 aromatic heterocycles. The van der Waals surface area contributed by atoms with Gasteiger partial charge in [0.15, 0.2) is 4.67 Å². The van der Waals surface area contributed by atoms with Crippen molar-refractivity contribution in [3.05, 3.63) is 22.6 Å². The van der Waals surface area contributed by atoms with Crippen LogP contribution in [0.5, 0.6) is 0 Å². The van der Waals surface area contributed by atoms with Crippen LogP contribution in [0, 0.1) is 5.92 Å². The Morgan fingerprint density at radius 3 is 3.00 bits per heavy atom. The SMILES string of the molecule is CC1CCCC(CBr)(NC(=O)c2ccoc2Br)C1. The lowest BCUT2D eigenvalue weighted by Gasteiger charge is -2.39. The van der Waals surface area contributed by atoms with E-state index in [1.807, 2.05) is 0 Å². The number of rotatable bonds is 3. The number of alkyl halides is 1. The Labute approximate surface area is 124 Å². The van der Waals surface area contributed by atoms with Crippen molar-refractivity contribution in [2.75, 3.05) is 5.33 Å². The normalized spacial score (nSPS) is 28.1. The zero-order valence-electron chi connectivity index (χ0n) is 10.3. The molecule has 100 valence electrons. The predicted octanol–water partition coefficient (Wildman–Crippen LogP) is 4.12. The summed E-state index contributed by atoms with van der Waals surface area (Å²) in [6, 6.07) is 1.69. The second-order valence-corrected chi connectivity index (χ2v) is 6.46. The van der Waals surface area contributed by atoms with E-state index in [0.29, 0.717) is 16.2 Å². The highest BCUT2D eigenvalue weighted by Gasteiger charge is 2.36. The molecule has 3 nitrogen and oxygen atoms in total. The van der Waals surface area contributed by atoms with E-state index in [2.05, 4.69) is 44.1 Å². The smallest absolute Gasteiger partial charge is 0.256 e. The van der Waals surface area contributed by atoms with Crippen LogP contribution < -0.4 is 5.32 Å². The third kappa shape index (κ3) is 2.99. The number of halogens is 2. The van der Waals surface area contributed by atoms with Crippen molar-refractivity contribution in [1.82, 2.24) is 5.32 Å². The van der Waals surface area contributed by atoms with Gasteiger partial charge in [-0.1, -0.05) is 35.7 Å². The molecule has 5 heteroatoms. The maximum atomic E-state index is 12.2. The Morgan fingerprint density at radius 1 is 1.67 bits per heavy atom. The summed E-state index contributed by atoms with van der Waals surface area (Å²) in [5.74, 6) is 0.591. The summed E-state index contributed by atoms with van der Waals surface area (Å²) in [5, 5.41) is 3.98. The minimum absolute atomic E-state index is 0.0656. The van der Waals surface area contributed by atoms with Gasteiger partial charge in [-0.2, -0.15) is 0 Å². The molecule has 0 spiro atoms. The first-order chi connectivity index (χ1) is 8.56. The fraction of sp³-hybridized carbons (Fsp3) is 0.615. The summed E-state index contributed by atoms with van der Waals surface area (Å²) in [6.45, 7) is 2.25. The number of hydrogen-bond acceptors (Lipinski definition) is 2. The monoisotopic (exact) mass is 377 g/mol. The standard InChI is InChI=1S/C13H17Br2NO2/c1-9-3-2-5-13(7-9,8-14)16-12(17)10-4-6-18-11(10)15/h4,6,9H,2-3,5,7-8H2,1H3,(H,16,17). The first kappa shape index (κ1) is 14.1. The number of carbonyl (C=O) groups excluding carboxylic acids is 1. The van der Waals surface area contributed by atoms with Crippen LogP contribution in [-0.4, -0.2) is 16.8 Å². The third-order valence-electron chi connectivity index (χ3n) is 3.59. The Kier molecular flexibility index (Phi) is 4.54. The Balaban J connectivity index is 2.11. The van der Waals surface area contributed by atoms with Crippen LogP contribution >= 0.6 is 31.9 Å². The van der Waals surface area contributed by atoms with Gasteiger partial charge in [0.05, 0.1) is 17.4 Å². The highest BCUT2D eigenvalue weighted by Crippen LogP contribution is 2.34. The molecule has 0 saturated heterocycles. The molecule has 0 radical (unpaired) electrons. The molecule has 1 heterocycles. The van der Waals surface area contributed by atoms with Gasteiger partial charge in [0.2, 0.25) is 0 Å². The van der Waals surface area contributed by atoms with Crippen molar-refractivity contribution in [3.8, 4) is 0 Å². The molecule has 1 fully saturated rings. The van der Waals surface area contributed by atoms with Gasteiger partial charge < -0.3 is 9.73 Å². The van der Waals surface area contributed by atoms with Gasteiger partial charge in [-0.05, 0) is 40.8 Å². The summed E-state index contributed by atoms with van der Waals surface area (Å²) in [6.07, 6.45) is 5.99. The number of hydrogen-bond donors (Lipinski definition) is 1. The fourth-order valence-corrected chi connectivity index (χ4v) is 3.76. The molecule has 18 heavy (non-hydrogen) atoms. The second-order valence-electron chi connectivity index (χ2n) is 5.18. The van der Waals surface area contributed by atoms with Crippen molar-refractivity contribution in [1.29, 1.82) is 0 Å². The maximum Gasteiger partial charge on any atom is 0.256 e. The molecule has 1 N–H and O–H groups in total. The Bertz CT molecular complexity index is 432. The van der Waals surface area contributed by atoms with Crippen molar-refractivity contribution >= 4 is 37.8 Å². The molecule has 2 unspecified atom stereocenters. The molecular weight excluding hydrogens is 362 g/mol. The van der Waals surface area contributed by atoms with Gasteiger partial charge in [0, 0.05) is 5.33 Å². The number of nitrogens with one attached hydrogen (secondary N) is 1. The Morgan fingerprint density at radius 2 is 2.44 bits per heavy atom. The summed E-state index contributed by atoms with van der Waals surface area (Å²) in [7, 11) is 0. The molecule has 1 aliphatic rings. The third-order valence-corrected chi connectivity index (χ3v) is 5.28. The summed E-state index contributed by atoms with van der Waals surface area (Å²) < 4.78 is 5.60. The summed E-state index contributed by atoms with van der Waals surface area (Å²) in [4.78, 5) is 12.2. The van der Waals surface area contributed by atoms with Crippen molar-refractivity contribution in [2.45, 2.75) is 38.1 Å². The van der Waals surface area contributed by atoms with Gasteiger partial charge in [-0.3, -0.25) is 4.79 Å². The molecule has 0 aromatic carbocycles. The molecule has 1 aromatic rings. The van der Waals surface area contributed by atoms with Crippen LogP contribution in [0.15, 0.2) is 21.4 Å². The molecule has 2 atom stereocenters. The van der Waals surface area contributed by atoms with Gasteiger partial charge in [-0.15, -0.1) is 0 Å². The molecule has 0 aliphatic heterocycles. The van der Waals surface area contributed by atoms with Crippen LogP contribution in [-0.2, 0) is 0 Å². The van der Waals surface area contributed by atoms with Crippen molar-refractivity contribution < 1.29 is 9.21 Å². The van der Waals surface area contributed by atoms with Gasteiger partial charge >= 0.3 is 0 Å². The highest BCUT2D eigenvalue weighted by molar-refractivity contribution is 9.10. The van der Waals surface area contributed by atoms with Gasteiger partial charge in [0.25, 0.3) is 5.91 Å². The zero-order valence-corrected chi connectivity index (χ0v) is 13.5. The van der Waals surface area contributed by atoms with E-state index in [-0.39, 0.29) is 11.4 Å². The second kappa shape index (κ2) is 5.78. The molecular formula is C13H17Br2NO2. The van der Waals surface area contributed by atoms with Crippen LogP contribution in [0.2, 0.25) is 0 Å². The first-order valence-corrected chi connectivity index (χ1v) is 8.09. The van der Waals surface area contributed by atoms with E-state index in [9.17, 15) is 4.79 Å². The van der Waals surface area contributed by atoms with E-state index < -0.39 is 0 Å². The van der Waals surface area contributed by atoms with E-state index in [4.69, 9.17) is 4.42 Å². The quantitative estimate of drug-likeness (QED) is 0.804. The predicted molar refractivity (Wildman–Crippen MR) is 78.0 cm³/mol. The Hall–Kier alpha value is -0.290. The van der Waals surface area contributed by atoms with Crippen molar-refractivity contribution in [2.24, 2.45) is 5.92 Å². The van der Waals surface area contributed by atoms with Crippen LogP contribution in [0.4, 0.5) is 0 Å². The van der Waals surface area contributed by atoms with E-state index in [1.165, 1.54) is 19.1 Å². The fourth-order valence-electron chi connectivity index (χ4n) is 2.69. The lowest BCUT2D eigenvalue weighted by molar-refractivity contribution is 0.0868. The minimum Gasteiger partial charge on any atom is -0.457 e. The lowest BCUT2D eigenvalue weighted by atomic mass is 9.77.